The molecule has 0 aliphatic rings. The molecule has 0 aromatic carbocycles. The number of carboxylic acids is 1. The minimum Gasteiger partial charge on any atom is -0.477 e. The minimum absolute atomic E-state index is 0.130. The van der Waals surface area contributed by atoms with Crippen molar-refractivity contribution >= 4 is 17.6 Å². The van der Waals surface area contributed by atoms with E-state index in [9.17, 15) is 9.59 Å². The molecule has 2 rings (SSSR count). The van der Waals surface area contributed by atoms with Crippen molar-refractivity contribution in [2.45, 2.75) is 0 Å². The van der Waals surface area contributed by atoms with Gasteiger partial charge in [-0.25, -0.2) is 9.78 Å². The van der Waals surface area contributed by atoms with E-state index < -0.39 is 17.1 Å². The van der Waals surface area contributed by atoms with Crippen molar-refractivity contribution in [3.05, 3.63) is 45.5 Å². The van der Waals surface area contributed by atoms with Crippen molar-refractivity contribution in [1.82, 2.24) is 15.0 Å². The van der Waals surface area contributed by atoms with E-state index >= 15 is 0 Å². The molecule has 0 saturated heterocycles. The summed E-state index contributed by atoms with van der Waals surface area (Å²) in [4.78, 5) is 32.1. The fourth-order valence-electron chi connectivity index (χ4n) is 1.23. The van der Waals surface area contributed by atoms with Crippen molar-refractivity contribution in [2.75, 3.05) is 0 Å². The molecule has 0 amide bonds. The third kappa shape index (κ3) is 2.16. The van der Waals surface area contributed by atoms with E-state index in [1.165, 1.54) is 6.20 Å². The van der Waals surface area contributed by atoms with E-state index in [0.29, 0.717) is 10.7 Å². The van der Waals surface area contributed by atoms with Crippen LogP contribution in [0, 0.1) is 0 Å². The first-order valence-corrected chi connectivity index (χ1v) is 4.91. The average molecular weight is 252 g/mol. The molecule has 0 atom stereocenters. The van der Waals surface area contributed by atoms with Crippen LogP contribution in [0.4, 0.5) is 0 Å². The lowest BCUT2D eigenvalue weighted by Crippen LogP contribution is -2.19. The molecule has 2 heterocycles. The Morgan fingerprint density at radius 2 is 2.18 bits per heavy atom. The lowest BCUT2D eigenvalue weighted by atomic mass is 10.3. The number of carbonyl (C=O) groups is 1. The van der Waals surface area contributed by atoms with Crippen LogP contribution in [0.5, 0.6) is 0 Å². The van der Waals surface area contributed by atoms with Gasteiger partial charge < -0.3 is 10.1 Å². The highest BCUT2D eigenvalue weighted by Crippen LogP contribution is 2.20. The summed E-state index contributed by atoms with van der Waals surface area (Å²) in [5.74, 6) is -1.21. The number of nitrogens with zero attached hydrogens (tertiary/aromatic N) is 2. The zero-order valence-electron chi connectivity index (χ0n) is 8.35. The standard InChI is InChI=1S/C10H6ClN3O3/c11-6-2-1-3-12-7(6)8-13-4-5(10(16)17)9(15)14-8/h1-4H,(H,16,17)(H,13,14,15). The quantitative estimate of drug-likeness (QED) is 0.836. The Kier molecular flexibility index (Phi) is 2.88. The molecule has 0 fully saturated rings. The first-order chi connectivity index (χ1) is 8.09. The Hall–Kier alpha value is -2.21. The molecule has 0 saturated carbocycles. The molecule has 6 nitrogen and oxygen atoms in total. The van der Waals surface area contributed by atoms with Crippen molar-refractivity contribution in [2.24, 2.45) is 0 Å². The van der Waals surface area contributed by atoms with Crippen LogP contribution >= 0.6 is 11.6 Å². The van der Waals surface area contributed by atoms with E-state index in [1.54, 1.807) is 12.1 Å². The summed E-state index contributed by atoms with van der Waals surface area (Å²) in [6.07, 6.45) is 2.47. The highest BCUT2D eigenvalue weighted by atomic mass is 35.5. The second-order valence-electron chi connectivity index (χ2n) is 3.11. The predicted octanol–water partition coefficient (Wildman–Crippen LogP) is 1.18. The molecule has 0 unspecified atom stereocenters. The molecule has 2 aromatic rings. The average Bonchev–Trinajstić information content (AvgIpc) is 2.29. The van der Waals surface area contributed by atoms with Gasteiger partial charge in [0.1, 0.15) is 11.3 Å². The Morgan fingerprint density at radius 3 is 2.76 bits per heavy atom. The normalized spacial score (nSPS) is 10.2. The monoisotopic (exact) mass is 251 g/mol. The highest BCUT2D eigenvalue weighted by molar-refractivity contribution is 6.32. The Bertz CT molecular complexity index is 639. The van der Waals surface area contributed by atoms with Crippen LogP contribution < -0.4 is 5.56 Å². The summed E-state index contributed by atoms with van der Waals surface area (Å²) < 4.78 is 0. The van der Waals surface area contributed by atoms with E-state index in [-0.39, 0.29) is 5.82 Å². The number of carboxylic acid groups (broad SMARTS) is 1. The molecule has 2 aromatic heterocycles. The van der Waals surface area contributed by atoms with Gasteiger partial charge in [-0.1, -0.05) is 11.6 Å². The number of H-pyrrole nitrogens is 1. The van der Waals surface area contributed by atoms with Gasteiger partial charge in [0, 0.05) is 12.4 Å². The van der Waals surface area contributed by atoms with Crippen LogP contribution in [0.15, 0.2) is 29.3 Å². The largest absolute Gasteiger partial charge is 0.477 e. The zero-order valence-corrected chi connectivity index (χ0v) is 9.10. The maximum absolute atomic E-state index is 11.4. The first kappa shape index (κ1) is 11.3. The number of rotatable bonds is 2. The van der Waals surface area contributed by atoms with Crippen LogP contribution in [-0.2, 0) is 0 Å². The maximum Gasteiger partial charge on any atom is 0.342 e. The lowest BCUT2D eigenvalue weighted by molar-refractivity contribution is 0.0694. The molecule has 0 radical (unpaired) electrons. The molecule has 7 heteroatoms. The summed E-state index contributed by atoms with van der Waals surface area (Å²) in [6.45, 7) is 0. The number of aromatic amines is 1. The fourth-order valence-corrected chi connectivity index (χ4v) is 1.44. The first-order valence-electron chi connectivity index (χ1n) is 4.53. The van der Waals surface area contributed by atoms with Gasteiger partial charge in [0.05, 0.1) is 5.02 Å². The molecule has 0 bridgehead atoms. The van der Waals surface area contributed by atoms with Crippen LogP contribution in [0.1, 0.15) is 10.4 Å². The van der Waals surface area contributed by atoms with Gasteiger partial charge in [0.2, 0.25) is 0 Å². The van der Waals surface area contributed by atoms with Gasteiger partial charge in [-0.05, 0) is 12.1 Å². The topological polar surface area (TPSA) is 95.9 Å². The fraction of sp³-hybridized carbons (Fsp3) is 0. The van der Waals surface area contributed by atoms with Crippen molar-refractivity contribution in [3.8, 4) is 11.5 Å². The summed E-state index contributed by atoms with van der Waals surface area (Å²) >= 11 is 5.87. The third-order valence-corrected chi connectivity index (χ3v) is 2.32. The van der Waals surface area contributed by atoms with Crippen LogP contribution in [0.3, 0.4) is 0 Å². The summed E-state index contributed by atoms with van der Waals surface area (Å²) in [6, 6.07) is 3.23. The number of halogens is 1. The SMILES string of the molecule is O=C(O)c1cnc(-c2ncccc2Cl)[nH]c1=O. The smallest absolute Gasteiger partial charge is 0.342 e. The molecule has 0 aliphatic heterocycles. The zero-order chi connectivity index (χ0) is 12.4. The number of hydrogen-bond acceptors (Lipinski definition) is 4. The second-order valence-corrected chi connectivity index (χ2v) is 3.52. The van der Waals surface area contributed by atoms with E-state index in [1.807, 2.05) is 0 Å². The van der Waals surface area contributed by atoms with Gasteiger partial charge >= 0.3 is 5.97 Å². The summed E-state index contributed by atoms with van der Waals surface area (Å²) in [7, 11) is 0. The Labute approximate surface area is 99.9 Å². The highest BCUT2D eigenvalue weighted by Gasteiger charge is 2.12. The molecule has 2 N–H and O–H groups in total. The number of nitrogens with one attached hydrogen (secondary N) is 1. The molecule has 86 valence electrons. The number of hydrogen-bond donors (Lipinski definition) is 2. The van der Waals surface area contributed by atoms with Gasteiger partial charge in [-0.3, -0.25) is 9.78 Å². The van der Waals surface area contributed by atoms with E-state index in [4.69, 9.17) is 16.7 Å². The van der Waals surface area contributed by atoms with Gasteiger partial charge in [0.25, 0.3) is 5.56 Å². The predicted molar refractivity (Wildman–Crippen MR) is 60.1 cm³/mol. The van der Waals surface area contributed by atoms with E-state index in [2.05, 4.69) is 15.0 Å². The molecule has 17 heavy (non-hydrogen) atoms. The Balaban J connectivity index is 2.57. The Morgan fingerprint density at radius 1 is 1.41 bits per heavy atom. The molecule has 0 spiro atoms. The number of pyridine rings is 1. The summed E-state index contributed by atoms with van der Waals surface area (Å²) in [5, 5.41) is 9.00. The molecule has 0 aliphatic carbocycles. The van der Waals surface area contributed by atoms with Crippen LogP contribution in [0.2, 0.25) is 5.02 Å². The number of aromatic nitrogens is 3. The molecular weight excluding hydrogens is 246 g/mol. The minimum atomic E-state index is -1.34. The van der Waals surface area contributed by atoms with Crippen molar-refractivity contribution in [1.29, 1.82) is 0 Å². The van der Waals surface area contributed by atoms with Crippen molar-refractivity contribution in [3.63, 3.8) is 0 Å². The number of aromatic carboxylic acids is 1. The second kappa shape index (κ2) is 4.34. The third-order valence-electron chi connectivity index (χ3n) is 2.01. The van der Waals surface area contributed by atoms with Crippen molar-refractivity contribution < 1.29 is 9.90 Å². The van der Waals surface area contributed by atoms with Crippen LogP contribution in [0.25, 0.3) is 11.5 Å². The van der Waals surface area contributed by atoms with Gasteiger partial charge in [0.15, 0.2) is 5.82 Å². The molecular formula is C10H6ClN3O3. The van der Waals surface area contributed by atoms with E-state index in [0.717, 1.165) is 6.20 Å². The lowest BCUT2D eigenvalue weighted by Gasteiger charge is -2.01. The van der Waals surface area contributed by atoms with Gasteiger partial charge in [-0.2, -0.15) is 0 Å². The van der Waals surface area contributed by atoms with Crippen LogP contribution in [-0.4, -0.2) is 26.0 Å². The maximum atomic E-state index is 11.4. The summed E-state index contributed by atoms with van der Waals surface area (Å²) in [5.41, 5.74) is -0.881. The van der Waals surface area contributed by atoms with Gasteiger partial charge in [-0.15, -0.1) is 0 Å².